The molecule has 0 fully saturated rings. The average molecular weight is 1070 g/mol. The van der Waals surface area contributed by atoms with Gasteiger partial charge in [-0.3, -0.25) is 9.59 Å². The van der Waals surface area contributed by atoms with E-state index < -0.39 is 11.3 Å². The fourth-order valence-electron chi connectivity index (χ4n) is 5.97. The van der Waals surface area contributed by atoms with Crippen LogP contribution in [-0.2, 0) is 99.6 Å². The van der Waals surface area contributed by atoms with E-state index in [2.05, 4.69) is 0 Å². The number of rotatable bonds is 60. The van der Waals surface area contributed by atoms with E-state index in [1.807, 2.05) is 13.0 Å². The van der Waals surface area contributed by atoms with Crippen molar-refractivity contribution in [2.75, 3.05) is 245 Å². The van der Waals surface area contributed by atoms with Crippen molar-refractivity contribution in [3.05, 3.63) is 30.3 Å². The largest absolute Gasteiger partial charge is 0.463 e. The molecule has 22 nitrogen and oxygen atoms in total. The number of esters is 2. The average Bonchev–Trinajstić information content (AvgIpc) is 3.41. The van der Waals surface area contributed by atoms with Gasteiger partial charge >= 0.3 is 11.9 Å². The normalized spacial score (nSPS) is 12.8. The fourth-order valence-corrected chi connectivity index (χ4v) is 5.97. The molecule has 434 valence electrons. The molecule has 0 saturated carbocycles. The van der Waals surface area contributed by atoms with Gasteiger partial charge < -0.3 is 94.7 Å². The molecule has 0 N–H and O–H groups in total. The number of para-hydroxylation sites is 1. The maximum absolute atomic E-state index is 12.8. The third-order valence-corrected chi connectivity index (χ3v) is 10.2. The van der Waals surface area contributed by atoms with Crippen LogP contribution in [-0.4, -0.2) is 257 Å². The number of carbonyl (C=O) groups excluding carboxylic acids is 2. The summed E-state index contributed by atoms with van der Waals surface area (Å²) >= 11 is 0. The second-order valence-electron chi connectivity index (χ2n) is 16.3. The van der Waals surface area contributed by atoms with Crippen LogP contribution >= 0.6 is 0 Å². The van der Waals surface area contributed by atoms with Gasteiger partial charge in [0.25, 0.3) is 0 Å². The maximum Gasteiger partial charge on any atom is 0.314 e. The Balaban J connectivity index is 1.69. The van der Waals surface area contributed by atoms with E-state index in [4.69, 9.17) is 94.7 Å². The smallest absolute Gasteiger partial charge is 0.314 e. The second-order valence-corrected chi connectivity index (χ2v) is 16.3. The Morgan fingerprint density at radius 1 is 0.378 bits per heavy atom. The Morgan fingerprint density at radius 3 is 0.838 bits per heavy atom. The highest BCUT2D eigenvalue weighted by atomic mass is 16.6. The van der Waals surface area contributed by atoms with Crippen molar-refractivity contribution in [3.8, 4) is 5.75 Å². The number of hydrogen-bond donors (Lipinski definition) is 0. The summed E-state index contributed by atoms with van der Waals surface area (Å²) in [5, 5.41) is 0. The number of methoxy groups -OCH3 is 1. The van der Waals surface area contributed by atoms with Crippen molar-refractivity contribution in [3.63, 3.8) is 0 Å². The molecule has 0 aliphatic carbocycles. The number of ether oxygens (including phenoxy) is 20. The molecule has 0 spiro atoms. The predicted molar refractivity (Wildman–Crippen MR) is 271 cm³/mol. The van der Waals surface area contributed by atoms with Crippen molar-refractivity contribution < 1.29 is 104 Å². The summed E-state index contributed by atoms with van der Waals surface area (Å²) in [5.41, 5.74) is -0.815. The van der Waals surface area contributed by atoms with Gasteiger partial charge in [-0.2, -0.15) is 0 Å². The third kappa shape index (κ3) is 46.7. The highest BCUT2D eigenvalue weighted by Gasteiger charge is 2.37. The van der Waals surface area contributed by atoms with Crippen LogP contribution in [0.25, 0.3) is 0 Å². The maximum atomic E-state index is 12.8. The molecule has 0 radical (unpaired) electrons. The summed E-state index contributed by atoms with van der Waals surface area (Å²) in [6, 6.07) is 8.87. The summed E-state index contributed by atoms with van der Waals surface area (Å²) in [5.74, 6) is -0.741. The summed E-state index contributed by atoms with van der Waals surface area (Å²) in [4.78, 5) is 25.4. The molecule has 0 heterocycles. The quantitative estimate of drug-likeness (QED) is 0.0518. The van der Waals surface area contributed by atoms with Gasteiger partial charge in [0.15, 0.2) is 0 Å². The van der Waals surface area contributed by atoms with E-state index in [1.54, 1.807) is 45.2 Å². The lowest BCUT2D eigenvalue weighted by Crippen LogP contribution is -2.34. The van der Waals surface area contributed by atoms with Gasteiger partial charge in [0, 0.05) is 7.11 Å². The SMILES string of the molecule is CCC(C)(CC(C)C(=O)Oc1ccccc1)C(=O)OCCOCCOCCOCCOCCOCCOCCOCCOCCOCCOCCOCCOCCOCCOCCOCCOCCOCCOC. The van der Waals surface area contributed by atoms with Crippen LogP contribution in [0.4, 0.5) is 0 Å². The van der Waals surface area contributed by atoms with Crippen LogP contribution in [0.15, 0.2) is 30.3 Å². The summed E-state index contributed by atoms with van der Waals surface area (Å²) in [6.45, 7) is 22.3. The predicted octanol–water partition coefficient (Wildman–Crippen LogP) is 3.51. The van der Waals surface area contributed by atoms with Gasteiger partial charge in [-0.1, -0.05) is 32.0 Å². The number of carbonyl (C=O) groups is 2. The first-order valence-electron chi connectivity index (χ1n) is 26.2. The lowest BCUT2D eigenvalue weighted by molar-refractivity contribution is -0.159. The third-order valence-electron chi connectivity index (χ3n) is 10.2. The Bertz CT molecular complexity index is 1320. The molecule has 1 aromatic rings. The van der Waals surface area contributed by atoms with E-state index in [-0.39, 0.29) is 25.2 Å². The van der Waals surface area contributed by atoms with Crippen molar-refractivity contribution in [2.24, 2.45) is 11.3 Å². The zero-order chi connectivity index (χ0) is 53.4. The summed E-state index contributed by atoms with van der Waals surface area (Å²) < 4.78 is 109. The number of hydrogen-bond acceptors (Lipinski definition) is 22. The molecule has 0 aliphatic rings. The second kappa shape index (κ2) is 55.2. The minimum atomic E-state index is -0.815. The van der Waals surface area contributed by atoms with Crippen LogP contribution in [0, 0.1) is 11.3 Å². The van der Waals surface area contributed by atoms with Gasteiger partial charge in [-0.15, -0.1) is 0 Å². The highest BCUT2D eigenvalue weighted by molar-refractivity contribution is 5.79. The molecule has 2 unspecified atom stereocenters. The molecule has 0 amide bonds. The molecule has 74 heavy (non-hydrogen) atoms. The lowest BCUT2D eigenvalue weighted by atomic mass is 9.79. The molecule has 1 aromatic carbocycles. The Kier molecular flexibility index (Phi) is 51.8. The molecule has 0 saturated heterocycles. The van der Waals surface area contributed by atoms with Crippen molar-refractivity contribution in [2.45, 2.75) is 33.6 Å². The monoisotopic (exact) mass is 1070 g/mol. The zero-order valence-electron chi connectivity index (χ0n) is 45.3. The van der Waals surface area contributed by atoms with Gasteiger partial charge in [-0.05, 0) is 31.9 Å². The first-order valence-corrected chi connectivity index (χ1v) is 26.2. The zero-order valence-corrected chi connectivity index (χ0v) is 45.3. The van der Waals surface area contributed by atoms with Gasteiger partial charge in [-0.25, -0.2) is 0 Å². The minimum Gasteiger partial charge on any atom is -0.463 e. The lowest BCUT2D eigenvalue weighted by Gasteiger charge is -2.28. The fraction of sp³-hybridized carbons (Fsp3) is 0.846. The van der Waals surface area contributed by atoms with Gasteiger partial charge in [0.05, 0.1) is 243 Å². The highest BCUT2D eigenvalue weighted by Crippen LogP contribution is 2.32. The Hall–Kier alpha value is -2.56. The topological polar surface area (TPSA) is 219 Å². The Morgan fingerprint density at radius 2 is 0.608 bits per heavy atom. The minimum absolute atomic E-state index is 0.116. The molecule has 0 bridgehead atoms. The molecular formula is C52H94O22. The molecule has 0 aliphatic heterocycles. The standard InChI is InChI=1S/C52H94O22/c1-5-52(3,47-48(2)50(53)74-49-9-7-6-8-10-49)51(54)73-46-45-72-44-43-71-42-41-70-40-39-69-38-37-68-36-35-67-34-33-66-32-31-65-30-29-64-28-27-63-26-25-62-24-23-61-22-21-60-20-19-59-18-17-58-16-15-57-14-13-56-12-11-55-4/h6-10,48H,5,11-47H2,1-4H3. The summed E-state index contributed by atoms with van der Waals surface area (Å²) in [7, 11) is 1.64. The van der Waals surface area contributed by atoms with E-state index in [0.29, 0.717) is 243 Å². The van der Waals surface area contributed by atoms with Crippen molar-refractivity contribution in [1.29, 1.82) is 0 Å². The van der Waals surface area contributed by atoms with E-state index >= 15 is 0 Å². The molecule has 0 aromatic heterocycles. The van der Waals surface area contributed by atoms with Crippen LogP contribution < -0.4 is 4.74 Å². The van der Waals surface area contributed by atoms with Gasteiger partial charge in [0.1, 0.15) is 12.4 Å². The van der Waals surface area contributed by atoms with Crippen LogP contribution in [0.5, 0.6) is 5.75 Å². The van der Waals surface area contributed by atoms with Crippen molar-refractivity contribution >= 4 is 11.9 Å². The van der Waals surface area contributed by atoms with E-state index in [1.165, 1.54) is 0 Å². The first-order chi connectivity index (χ1) is 36.4. The van der Waals surface area contributed by atoms with E-state index in [9.17, 15) is 9.59 Å². The van der Waals surface area contributed by atoms with Crippen LogP contribution in [0.1, 0.15) is 33.6 Å². The molecule has 2 atom stereocenters. The van der Waals surface area contributed by atoms with Gasteiger partial charge in [0.2, 0.25) is 0 Å². The van der Waals surface area contributed by atoms with E-state index in [0.717, 1.165) is 0 Å². The first kappa shape index (κ1) is 69.5. The molecule has 22 heteroatoms. The van der Waals surface area contributed by atoms with Crippen molar-refractivity contribution in [1.82, 2.24) is 0 Å². The molecular weight excluding hydrogens is 977 g/mol. The summed E-state index contributed by atoms with van der Waals surface area (Å²) in [6.07, 6.45) is 0.844. The van der Waals surface area contributed by atoms with Crippen LogP contribution in [0.2, 0.25) is 0 Å². The Labute approximate surface area is 441 Å². The van der Waals surface area contributed by atoms with Crippen LogP contribution in [0.3, 0.4) is 0 Å². The number of benzene rings is 1. The molecule has 1 rings (SSSR count).